The van der Waals surface area contributed by atoms with E-state index in [1.807, 2.05) is 42.5 Å². The maximum Gasteiger partial charge on any atom is 0.160 e. The predicted molar refractivity (Wildman–Crippen MR) is 185 cm³/mol. The molecule has 0 saturated heterocycles. The third-order valence-electron chi connectivity index (χ3n) is 8.75. The molecule has 0 atom stereocenters. The number of fused-ring (bicyclic) bond motifs is 6. The van der Waals surface area contributed by atoms with Crippen LogP contribution in [0, 0.1) is 0 Å². The molecular weight excluding hydrogens is 550 g/mol. The van der Waals surface area contributed by atoms with Gasteiger partial charge in [-0.15, -0.1) is 0 Å². The van der Waals surface area contributed by atoms with Gasteiger partial charge in [0.05, 0.1) is 27.8 Å². The highest BCUT2D eigenvalue weighted by molar-refractivity contribution is 6.19. The Morgan fingerprint density at radius 2 is 1.24 bits per heavy atom. The van der Waals surface area contributed by atoms with E-state index >= 15 is 0 Å². The fourth-order valence-electron chi connectivity index (χ4n) is 6.54. The lowest BCUT2D eigenvalue weighted by molar-refractivity contribution is 0.672. The molecule has 0 aliphatic heterocycles. The summed E-state index contributed by atoms with van der Waals surface area (Å²) in [5, 5.41) is 4.12. The Morgan fingerprint density at radius 3 is 2.07 bits per heavy atom. The SMILES string of the molecule is C1=CCCC(c2ccc(-c3nc(-c4cccc(-c5nc6ccccc6c6oc7ccccc7c56)c4)nc4ccccc34)cc2)=C1. The number of nitrogens with zero attached hydrogens (tertiary/aromatic N) is 3. The van der Waals surface area contributed by atoms with Crippen molar-refractivity contribution in [2.24, 2.45) is 0 Å². The first-order valence-corrected chi connectivity index (χ1v) is 15.3. The van der Waals surface area contributed by atoms with Crippen LogP contribution in [-0.4, -0.2) is 15.0 Å². The summed E-state index contributed by atoms with van der Waals surface area (Å²) in [4.78, 5) is 15.4. The number of hydrogen-bond donors (Lipinski definition) is 0. The normalized spacial score (nSPS) is 13.2. The van der Waals surface area contributed by atoms with Crippen molar-refractivity contribution in [3.8, 4) is 33.9 Å². The van der Waals surface area contributed by atoms with Gasteiger partial charge in [0.1, 0.15) is 11.2 Å². The molecule has 0 unspecified atom stereocenters. The molecule has 0 amide bonds. The summed E-state index contributed by atoms with van der Waals surface area (Å²) in [7, 11) is 0. The van der Waals surface area contributed by atoms with Crippen LogP contribution in [0.4, 0.5) is 0 Å². The smallest absolute Gasteiger partial charge is 0.160 e. The Balaban J connectivity index is 1.21. The van der Waals surface area contributed by atoms with Crippen LogP contribution >= 0.6 is 0 Å². The van der Waals surface area contributed by atoms with Crippen molar-refractivity contribution in [1.29, 1.82) is 0 Å². The molecule has 1 aliphatic carbocycles. The van der Waals surface area contributed by atoms with Crippen LogP contribution in [0.15, 0.2) is 144 Å². The maximum atomic E-state index is 6.43. The molecule has 0 fully saturated rings. The van der Waals surface area contributed by atoms with Crippen LogP contribution in [0.25, 0.3) is 83.2 Å². The maximum absolute atomic E-state index is 6.43. The monoisotopic (exact) mass is 577 g/mol. The zero-order chi connectivity index (χ0) is 29.7. The second kappa shape index (κ2) is 10.4. The molecule has 8 aromatic rings. The van der Waals surface area contributed by atoms with Gasteiger partial charge in [-0.1, -0.05) is 109 Å². The highest BCUT2D eigenvalue weighted by Gasteiger charge is 2.19. The van der Waals surface area contributed by atoms with E-state index in [9.17, 15) is 0 Å². The summed E-state index contributed by atoms with van der Waals surface area (Å²) in [6, 6.07) is 41.8. The molecule has 3 aromatic heterocycles. The summed E-state index contributed by atoms with van der Waals surface area (Å²) < 4.78 is 6.43. The first-order valence-electron chi connectivity index (χ1n) is 15.3. The highest BCUT2D eigenvalue weighted by Crippen LogP contribution is 2.40. The summed E-state index contributed by atoms with van der Waals surface area (Å²) in [5.41, 5.74) is 11.0. The van der Waals surface area contributed by atoms with Gasteiger partial charge in [-0.2, -0.15) is 0 Å². The summed E-state index contributed by atoms with van der Waals surface area (Å²) >= 11 is 0. The molecule has 0 N–H and O–H groups in total. The van der Waals surface area contributed by atoms with E-state index in [1.54, 1.807) is 0 Å². The van der Waals surface area contributed by atoms with Gasteiger partial charge in [0.2, 0.25) is 0 Å². The quantitative estimate of drug-likeness (QED) is 0.209. The molecule has 4 heteroatoms. The van der Waals surface area contributed by atoms with E-state index in [1.165, 1.54) is 11.1 Å². The molecule has 3 heterocycles. The van der Waals surface area contributed by atoms with Crippen molar-refractivity contribution in [2.75, 3.05) is 0 Å². The minimum Gasteiger partial charge on any atom is -0.455 e. The first kappa shape index (κ1) is 25.6. The number of hydrogen-bond acceptors (Lipinski definition) is 4. The number of pyridine rings is 1. The summed E-state index contributed by atoms with van der Waals surface area (Å²) in [5.74, 6) is 0.684. The average molecular weight is 578 g/mol. The van der Waals surface area contributed by atoms with Crippen molar-refractivity contribution >= 4 is 49.3 Å². The molecule has 0 spiro atoms. The molecule has 1 aliphatic rings. The fourth-order valence-corrected chi connectivity index (χ4v) is 6.54. The number of benzene rings is 5. The number of furan rings is 1. The lowest BCUT2D eigenvalue weighted by Gasteiger charge is -2.12. The Hall–Kier alpha value is -5.87. The van der Waals surface area contributed by atoms with Crippen molar-refractivity contribution in [3.05, 3.63) is 145 Å². The number of rotatable bonds is 4. The summed E-state index contributed by atoms with van der Waals surface area (Å²) in [6.45, 7) is 0. The van der Waals surface area contributed by atoms with E-state index in [0.29, 0.717) is 5.82 Å². The zero-order valence-electron chi connectivity index (χ0n) is 24.4. The first-order chi connectivity index (χ1) is 22.3. The van der Waals surface area contributed by atoms with Gasteiger partial charge in [0.15, 0.2) is 5.82 Å². The van der Waals surface area contributed by atoms with Crippen LogP contribution in [0.2, 0.25) is 0 Å². The molecule has 212 valence electrons. The minimum atomic E-state index is 0.684. The van der Waals surface area contributed by atoms with Crippen LogP contribution in [0.5, 0.6) is 0 Å². The second-order valence-corrected chi connectivity index (χ2v) is 11.5. The van der Waals surface area contributed by atoms with Crippen molar-refractivity contribution < 1.29 is 4.42 Å². The van der Waals surface area contributed by atoms with Crippen LogP contribution in [-0.2, 0) is 0 Å². The second-order valence-electron chi connectivity index (χ2n) is 11.5. The van der Waals surface area contributed by atoms with Gasteiger partial charge < -0.3 is 4.42 Å². The van der Waals surface area contributed by atoms with E-state index in [-0.39, 0.29) is 0 Å². The Morgan fingerprint density at radius 1 is 0.533 bits per heavy atom. The van der Waals surface area contributed by atoms with E-state index in [4.69, 9.17) is 19.4 Å². The van der Waals surface area contributed by atoms with Crippen LogP contribution < -0.4 is 0 Å². The molecular formula is C41H27N3O. The standard InChI is InChI=1S/C41H27N3O/c1-2-11-26(12-3-1)27-21-23-28(24-22-27)38-31-15-4-7-18-34(31)43-41(44-38)30-14-10-13-29(25-30)39-37-33-17-6-9-20-36(33)45-40(37)32-16-5-8-19-35(32)42-39/h1-2,4-11,13-25H,3,12H2. The zero-order valence-corrected chi connectivity index (χ0v) is 24.4. The van der Waals surface area contributed by atoms with Crippen molar-refractivity contribution in [2.45, 2.75) is 12.8 Å². The van der Waals surface area contributed by atoms with E-state index in [0.717, 1.165) is 84.7 Å². The van der Waals surface area contributed by atoms with Gasteiger partial charge in [0.25, 0.3) is 0 Å². The largest absolute Gasteiger partial charge is 0.455 e. The third kappa shape index (κ3) is 4.34. The number of allylic oxidation sites excluding steroid dienone is 4. The number of aromatic nitrogens is 3. The summed E-state index contributed by atoms with van der Waals surface area (Å²) in [6.07, 6.45) is 8.74. The lowest BCUT2D eigenvalue weighted by atomic mass is 9.95. The van der Waals surface area contributed by atoms with Gasteiger partial charge in [-0.25, -0.2) is 15.0 Å². The molecule has 0 saturated carbocycles. The average Bonchev–Trinajstić information content (AvgIpc) is 3.51. The lowest BCUT2D eigenvalue weighted by Crippen LogP contribution is -1.96. The molecule has 45 heavy (non-hydrogen) atoms. The Kier molecular flexibility index (Phi) is 5.91. The fraction of sp³-hybridized carbons (Fsp3) is 0.0488. The van der Waals surface area contributed by atoms with Crippen molar-refractivity contribution in [1.82, 2.24) is 15.0 Å². The predicted octanol–water partition coefficient (Wildman–Crippen LogP) is 10.8. The van der Waals surface area contributed by atoms with E-state index < -0.39 is 0 Å². The molecule has 5 aromatic carbocycles. The number of para-hydroxylation sites is 3. The van der Waals surface area contributed by atoms with Gasteiger partial charge in [-0.3, -0.25) is 0 Å². The van der Waals surface area contributed by atoms with Gasteiger partial charge in [-0.05, 0) is 54.3 Å². The third-order valence-corrected chi connectivity index (χ3v) is 8.75. The highest BCUT2D eigenvalue weighted by atomic mass is 16.3. The molecule has 0 bridgehead atoms. The molecule has 4 nitrogen and oxygen atoms in total. The topological polar surface area (TPSA) is 51.8 Å². The van der Waals surface area contributed by atoms with Gasteiger partial charge in [0, 0.05) is 32.8 Å². The van der Waals surface area contributed by atoms with Crippen LogP contribution in [0.1, 0.15) is 18.4 Å². The molecule has 0 radical (unpaired) electrons. The molecule has 9 rings (SSSR count). The van der Waals surface area contributed by atoms with E-state index in [2.05, 4.69) is 97.1 Å². The minimum absolute atomic E-state index is 0.684. The Labute approximate surface area is 260 Å². The van der Waals surface area contributed by atoms with Gasteiger partial charge >= 0.3 is 0 Å². The van der Waals surface area contributed by atoms with Crippen LogP contribution in [0.3, 0.4) is 0 Å². The Bertz CT molecular complexity index is 2480. The van der Waals surface area contributed by atoms with Crippen molar-refractivity contribution in [3.63, 3.8) is 0 Å².